The first-order chi connectivity index (χ1) is 17.2. The zero-order valence-corrected chi connectivity index (χ0v) is 20.7. The molecule has 5 aliphatic rings. The minimum absolute atomic E-state index is 0.00652. The molecule has 6 rings (SSSR count). The Morgan fingerprint density at radius 3 is 2.34 bits per heavy atom. The van der Waals surface area contributed by atoms with Crippen molar-refractivity contribution in [2.24, 2.45) is 11.8 Å². The third-order valence-electron chi connectivity index (χ3n) is 8.60. The van der Waals surface area contributed by atoms with Crippen LogP contribution in [0.3, 0.4) is 0 Å². The monoisotopic (exact) mass is 484 g/mol. The molecule has 3 heterocycles. The zero-order valence-electron chi connectivity index (χ0n) is 20.7. The molecule has 2 aliphatic carbocycles. The summed E-state index contributed by atoms with van der Waals surface area (Å²) in [7, 11) is 0. The van der Waals surface area contributed by atoms with Gasteiger partial charge in [-0.2, -0.15) is 0 Å². The van der Waals surface area contributed by atoms with Crippen molar-refractivity contribution in [3.05, 3.63) is 47.0 Å². The van der Waals surface area contributed by atoms with Gasteiger partial charge >= 0.3 is 0 Å². The summed E-state index contributed by atoms with van der Waals surface area (Å²) in [6.07, 6.45) is 12.4. The highest BCUT2D eigenvalue weighted by Gasteiger charge is 2.47. The maximum Gasteiger partial charge on any atom is 0.158 e. The second kappa shape index (κ2) is 11.0. The van der Waals surface area contributed by atoms with Crippen LogP contribution >= 0.6 is 0 Å². The first-order valence-corrected chi connectivity index (χ1v) is 13.9. The fourth-order valence-electron chi connectivity index (χ4n) is 6.78. The van der Waals surface area contributed by atoms with Crippen molar-refractivity contribution >= 4 is 0 Å². The molecule has 3 aliphatic heterocycles. The Morgan fingerprint density at radius 2 is 1.66 bits per heavy atom. The second-order valence-electron chi connectivity index (χ2n) is 11.0. The summed E-state index contributed by atoms with van der Waals surface area (Å²) in [5, 5.41) is 10.2. The Hall–Kier alpha value is -1.28. The third-order valence-corrected chi connectivity index (χ3v) is 8.60. The standard InChI is InChI=1S/C29H40O6/c30-27-17-23-22(25(18-26(23)33-27)35-29-10-4-6-14-32-29)11-12-24(34-28-9-3-5-13-31-28)21-15-19-7-1-2-8-20(19)16-21/h1-2,7-8,11,21,23-30H,3-6,9-10,12-18H2/b22-11+/t23-,24-,25-,26+,27?,28?,29?/m1/s1. The third kappa shape index (κ3) is 5.53. The van der Waals surface area contributed by atoms with Crippen molar-refractivity contribution < 1.29 is 28.8 Å². The van der Waals surface area contributed by atoms with E-state index in [1.807, 2.05) is 0 Å². The van der Waals surface area contributed by atoms with Gasteiger partial charge in [-0.05, 0) is 80.4 Å². The Kier molecular flexibility index (Phi) is 7.56. The fourth-order valence-corrected chi connectivity index (χ4v) is 6.78. The zero-order chi connectivity index (χ0) is 23.6. The van der Waals surface area contributed by atoms with Crippen LogP contribution in [0.1, 0.15) is 68.9 Å². The van der Waals surface area contributed by atoms with Crippen molar-refractivity contribution in [1.29, 1.82) is 0 Å². The molecular weight excluding hydrogens is 444 g/mol. The van der Waals surface area contributed by atoms with E-state index in [1.165, 1.54) is 23.1 Å². The molecular formula is C29H40O6. The molecule has 6 heteroatoms. The number of hydrogen-bond donors (Lipinski definition) is 1. The number of benzene rings is 1. The highest BCUT2D eigenvalue weighted by atomic mass is 16.7. The van der Waals surface area contributed by atoms with Crippen molar-refractivity contribution in [3.63, 3.8) is 0 Å². The van der Waals surface area contributed by atoms with Gasteiger partial charge in [0.2, 0.25) is 0 Å². The van der Waals surface area contributed by atoms with Crippen LogP contribution in [-0.4, -0.2) is 55.5 Å². The average Bonchev–Trinajstić information content (AvgIpc) is 3.55. The van der Waals surface area contributed by atoms with Crippen molar-refractivity contribution in [1.82, 2.24) is 0 Å². The van der Waals surface area contributed by atoms with Crippen LogP contribution in [0.4, 0.5) is 0 Å². The molecule has 1 N–H and O–H groups in total. The summed E-state index contributed by atoms with van der Waals surface area (Å²) < 4.78 is 30.9. The molecule has 7 atom stereocenters. The van der Waals surface area contributed by atoms with Gasteiger partial charge in [-0.15, -0.1) is 0 Å². The first-order valence-electron chi connectivity index (χ1n) is 13.9. The molecule has 3 saturated heterocycles. The number of aliphatic hydroxyl groups is 1. The lowest BCUT2D eigenvalue weighted by molar-refractivity contribution is -0.197. The molecule has 0 radical (unpaired) electrons. The fraction of sp³-hybridized carbons (Fsp3) is 0.724. The lowest BCUT2D eigenvalue weighted by Gasteiger charge is -2.31. The van der Waals surface area contributed by atoms with Gasteiger partial charge in [0.1, 0.15) is 0 Å². The summed E-state index contributed by atoms with van der Waals surface area (Å²) in [4.78, 5) is 0. The van der Waals surface area contributed by atoms with Gasteiger partial charge in [0.05, 0.1) is 18.3 Å². The van der Waals surface area contributed by atoms with E-state index in [4.69, 9.17) is 23.7 Å². The molecule has 1 aromatic carbocycles. The van der Waals surface area contributed by atoms with Gasteiger partial charge in [0, 0.05) is 32.0 Å². The Balaban J connectivity index is 1.20. The number of ether oxygens (including phenoxy) is 5. The van der Waals surface area contributed by atoms with Gasteiger partial charge in [-0.25, -0.2) is 0 Å². The summed E-state index contributed by atoms with van der Waals surface area (Å²) in [5.41, 5.74) is 4.17. The number of fused-ring (bicyclic) bond motifs is 2. The van der Waals surface area contributed by atoms with Crippen LogP contribution in [-0.2, 0) is 36.5 Å². The Labute approximate surface area is 208 Å². The van der Waals surface area contributed by atoms with Gasteiger partial charge in [0.25, 0.3) is 0 Å². The van der Waals surface area contributed by atoms with E-state index >= 15 is 0 Å². The van der Waals surface area contributed by atoms with Crippen LogP contribution in [0.5, 0.6) is 0 Å². The summed E-state index contributed by atoms with van der Waals surface area (Å²) in [6, 6.07) is 8.80. The predicted octanol–water partition coefficient (Wildman–Crippen LogP) is 4.67. The van der Waals surface area contributed by atoms with E-state index < -0.39 is 6.29 Å². The number of rotatable bonds is 7. The number of hydrogen-bond acceptors (Lipinski definition) is 6. The summed E-state index contributed by atoms with van der Waals surface area (Å²) in [6.45, 7) is 1.57. The molecule has 4 fully saturated rings. The second-order valence-corrected chi connectivity index (χ2v) is 11.0. The van der Waals surface area contributed by atoms with Crippen LogP contribution in [0.2, 0.25) is 0 Å². The Morgan fingerprint density at radius 1 is 0.943 bits per heavy atom. The van der Waals surface area contributed by atoms with Gasteiger partial charge in [-0.1, -0.05) is 30.3 Å². The van der Waals surface area contributed by atoms with E-state index in [-0.39, 0.29) is 36.8 Å². The molecule has 192 valence electrons. The number of aliphatic hydroxyl groups excluding tert-OH is 1. The minimum atomic E-state index is -0.674. The molecule has 0 bridgehead atoms. The first kappa shape index (κ1) is 24.1. The van der Waals surface area contributed by atoms with Gasteiger partial charge in [-0.3, -0.25) is 0 Å². The van der Waals surface area contributed by atoms with E-state index in [9.17, 15) is 5.11 Å². The van der Waals surface area contributed by atoms with Crippen molar-refractivity contribution in [2.45, 2.75) is 108 Å². The molecule has 3 unspecified atom stereocenters. The lowest BCUT2D eigenvalue weighted by Crippen LogP contribution is -2.33. The van der Waals surface area contributed by atoms with E-state index in [2.05, 4.69) is 30.3 Å². The largest absolute Gasteiger partial charge is 0.368 e. The molecule has 0 spiro atoms. The normalized spacial score (nSPS) is 37.5. The predicted molar refractivity (Wildman–Crippen MR) is 131 cm³/mol. The Bertz CT molecular complexity index is 849. The van der Waals surface area contributed by atoms with E-state index in [1.54, 1.807) is 0 Å². The molecule has 6 nitrogen and oxygen atoms in total. The summed E-state index contributed by atoms with van der Waals surface area (Å²) in [5.74, 6) is 0.657. The minimum Gasteiger partial charge on any atom is -0.368 e. The molecule has 35 heavy (non-hydrogen) atoms. The summed E-state index contributed by atoms with van der Waals surface area (Å²) >= 11 is 0. The van der Waals surface area contributed by atoms with Gasteiger partial charge in [0.15, 0.2) is 18.9 Å². The average molecular weight is 485 g/mol. The van der Waals surface area contributed by atoms with E-state index in [0.29, 0.717) is 12.3 Å². The smallest absolute Gasteiger partial charge is 0.158 e. The van der Waals surface area contributed by atoms with Crippen molar-refractivity contribution in [2.75, 3.05) is 13.2 Å². The highest BCUT2D eigenvalue weighted by molar-refractivity contribution is 5.33. The molecule has 0 aromatic heterocycles. The van der Waals surface area contributed by atoms with Crippen LogP contribution in [0.25, 0.3) is 0 Å². The quantitative estimate of drug-likeness (QED) is 0.568. The van der Waals surface area contributed by atoms with Crippen LogP contribution in [0.15, 0.2) is 35.9 Å². The van der Waals surface area contributed by atoms with Crippen molar-refractivity contribution in [3.8, 4) is 0 Å². The lowest BCUT2D eigenvalue weighted by atomic mass is 9.92. The topological polar surface area (TPSA) is 66.4 Å². The molecule has 1 saturated carbocycles. The van der Waals surface area contributed by atoms with Gasteiger partial charge < -0.3 is 28.8 Å². The SMILES string of the molecule is OC1C[C@@H]2/C(=C\C[C@@H](OC3CCCCO3)C3Cc4ccccc4C3)[C@H](OC3CCCCO3)C[C@@H]2O1. The highest BCUT2D eigenvalue weighted by Crippen LogP contribution is 2.45. The molecule has 0 amide bonds. The molecule has 1 aromatic rings. The maximum atomic E-state index is 10.2. The maximum absolute atomic E-state index is 10.2. The van der Waals surface area contributed by atoms with Crippen LogP contribution < -0.4 is 0 Å². The van der Waals surface area contributed by atoms with E-state index in [0.717, 1.165) is 71.0 Å². The van der Waals surface area contributed by atoms with Crippen LogP contribution in [0, 0.1) is 11.8 Å².